The third-order valence-electron chi connectivity index (χ3n) is 9.82. The molecule has 0 radical (unpaired) electrons. The van der Waals surface area contributed by atoms with Gasteiger partial charge in [-0.3, -0.25) is 4.90 Å². The summed E-state index contributed by atoms with van der Waals surface area (Å²) in [4.78, 5) is 14.4. The van der Waals surface area contributed by atoms with Crippen LogP contribution in [0, 0.1) is 11.5 Å². The molecule has 7 rings (SSSR count). The van der Waals surface area contributed by atoms with Crippen LogP contribution in [0.3, 0.4) is 0 Å². The highest BCUT2D eigenvalue weighted by atomic mass is 35.5. The Morgan fingerprint density at radius 2 is 1.93 bits per heavy atom. The van der Waals surface area contributed by atoms with E-state index < -0.39 is 0 Å². The third-order valence-corrected chi connectivity index (χ3v) is 10.1. The Labute approximate surface area is 241 Å². The lowest BCUT2D eigenvalue weighted by atomic mass is 9.95. The van der Waals surface area contributed by atoms with Crippen LogP contribution in [-0.4, -0.2) is 72.7 Å². The number of halogens is 1. The van der Waals surface area contributed by atoms with Gasteiger partial charge in [0, 0.05) is 55.9 Å². The monoisotopic (exact) mass is 556 g/mol. The third kappa shape index (κ3) is 4.42. The summed E-state index contributed by atoms with van der Waals surface area (Å²) in [5, 5.41) is 12.5. The standard InChI is InChI=1S/C32H37ClN6O/c1-36(25-10-16-37(20-25)22-34)31-26-11-17-38(28-9-3-7-23-6-2-8-27(33)30(23)28)19-24(26)18-29(35-31)40-21-32-12-4-14-39(32)15-5-13-32/h2-3,6-9,18,25H,4-5,10-17,19-21H2,1H3/t25-/m1/s1. The second-order valence-corrected chi connectivity index (χ2v) is 12.4. The van der Waals surface area contributed by atoms with Crippen molar-refractivity contribution in [2.24, 2.45) is 0 Å². The summed E-state index contributed by atoms with van der Waals surface area (Å²) in [5.74, 6) is 1.74. The average molecular weight is 557 g/mol. The van der Waals surface area contributed by atoms with Crippen LogP contribution >= 0.6 is 11.6 Å². The van der Waals surface area contributed by atoms with Crippen LogP contribution < -0.4 is 14.5 Å². The molecule has 0 aliphatic carbocycles. The Kier molecular flexibility index (Phi) is 6.64. The van der Waals surface area contributed by atoms with Gasteiger partial charge < -0.3 is 19.4 Å². The SMILES string of the molecule is CN(c1nc(OCC23CCCN2CCC3)cc2c1CCN(c1cccc3cccc(Cl)c13)C2)[C@@H]1CCN(C#N)C1. The average Bonchev–Trinajstić information content (AvgIpc) is 3.71. The van der Waals surface area contributed by atoms with Crippen LogP contribution in [0.2, 0.25) is 5.02 Å². The molecule has 0 amide bonds. The summed E-state index contributed by atoms with van der Waals surface area (Å²) in [6.45, 7) is 6.31. The van der Waals surface area contributed by atoms with E-state index in [1.54, 1.807) is 0 Å². The highest BCUT2D eigenvalue weighted by Crippen LogP contribution is 2.41. The lowest BCUT2D eigenvalue weighted by Crippen LogP contribution is -2.43. The van der Waals surface area contributed by atoms with Crippen LogP contribution in [-0.2, 0) is 13.0 Å². The molecule has 0 N–H and O–H groups in total. The Morgan fingerprint density at radius 1 is 1.12 bits per heavy atom. The molecule has 0 bridgehead atoms. The second kappa shape index (κ2) is 10.3. The number of likely N-dealkylation sites (N-methyl/N-ethyl adjacent to an activating group) is 1. The summed E-state index contributed by atoms with van der Waals surface area (Å²) < 4.78 is 6.60. The zero-order valence-electron chi connectivity index (χ0n) is 23.3. The first-order valence-corrected chi connectivity index (χ1v) is 15.1. The number of benzene rings is 2. The van der Waals surface area contributed by atoms with E-state index >= 15 is 0 Å². The topological polar surface area (TPSA) is 58.9 Å². The number of nitriles is 1. The quantitative estimate of drug-likeness (QED) is 0.374. The van der Waals surface area contributed by atoms with Gasteiger partial charge in [0.05, 0.1) is 16.6 Å². The largest absolute Gasteiger partial charge is 0.476 e. The summed E-state index contributed by atoms with van der Waals surface area (Å²) in [6, 6.07) is 15.0. The Balaban J connectivity index is 1.23. The van der Waals surface area contributed by atoms with E-state index in [-0.39, 0.29) is 11.6 Å². The highest BCUT2D eigenvalue weighted by molar-refractivity contribution is 6.36. The molecule has 0 spiro atoms. The minimum absolute atomic E-state index is 0.175. The first-order chi connectivity index (χ1) is 19.5. The number of rotatable bonds is 6. The van der Waals surface area contributed by atoms with Gasteiger partial charge in [0.2, 0.25) is 5.88 Å². The zero-order valence-corrected chi connectivity index (χ0v) is 24.0. The lowest BCUT2D eigenvalue weighted by molar-refractivity contribution is 0.111. The van der Waals surface area contributed by atoms with Crippen LogP contribution in [0.5, 0.6) is 5.88 Å². The number of nitrogens with zero attached hydrogens (tertiary/aromatic N) is 6. The van der Waals surface area contributed by atoms with Crippen LogP contribution in [0.1, 0.15) is 43.2 Å². The molecule has 0 unspecified atom stereocenters. The maximum Gasteiger partial charge on any atom is 0.215 e. The zero-order chi connectivity index (χ0) is 27.3. The minimum Gasteiger partial charge on any atom is -0.476 e. The fourth-order valence-corrected chi connectivity index (χ4v) is 7.91. The van der Waals surface area contributed by atoms with Gasteiger partial charge in [0.15, 0.2) is 6.19 Å². The number of likely N-dealkylation sites (tertiary alicyclic amines) is 1. The molecule has 3 saturated heterocycles. The predicted molar refractivity (Wildman–Crippen MR) is 160 cm³/mol. The van der Waals surface area contributed by atoms with Crippen LogP contribution in [0.4, 0.5) is 11.5 Å². The van der Waals surface area contributed by atoms with Gasteiger partial charge in [-0.2, -0.15) is 10.2 Å². The molecule has 1 aromatic heterocycles. The molecule has 3 fully saturated rings. The minimum atomic E-state index is 0.175. The molecule has 3 aromatic rings. The van der Waals surface area contributed by atoms with Crippen LogP contribution in [0.15, 0.2) is 42.5 Å². The molecule has 0 saturated carbocycles. The van der Waals surface area contributed by atoms with E-state index in [2.05, 4.69) is 58.3 Å². The number of ether oxygens (including phenoxy) is 1. The first kappa shape index (κ1) is 25.7. The van der Waals surface area contributed by atoms with E-state index in [0.717, 1.165) is 66.5 Å². The van der Waals surface area contributed by atoms with E-state index in [1.165, 1.54) is 55.6 Å². The summed E-state index contributed by atoms with van der Waals surface area (Å²) in [7, 11) is 2.14. The van der Waals surface area contributed by atoms with Crippen molar-refractivity contribution in [3.63, 3.8) is 0 Å². The Hall–Kier alpha value is -3.21. The van der Waals surface area contributed by atoms with Crippen LogP contribution in [0.25, 0.3) is 10.8 Å². The van der Waals surface area contributed by atoms with Gasteiger partial charge in [0.1, 0.15) is 12.4 Å². The maximum atomic E-state index is 9.46. The maximum absolute atomic E-state index is 9.46. The number of pyridine rings is 1. The van der Waals surface area contributed by atoms with Crippen molar-refractivity contribution in [2.75, 3.05) is 56.2 Å². The summed E-state index contributed by atoms with van der Waals surface area (Å²) >= 11 is 6.72. The first-order valence-electron chi connectivity index (χ1n) is 14.7. The molecule has 40 heavy (non-hydrogen) atoms. The fourth-order valence-electron chi connectivity index (χ4n) is 7.63. The van der Waals surface area contributed by atoms with E-state index in [1.807, 2.05) is 17.0 Å². The molecule has 5 heterocycles. The molecule has 208 valence electrons. The normalized spacial score (nSPS) is 21.9. The number of fused-ring (bicyclic) bond motifs is 3. The van der Waals surface area contributed by atoms with Crippen molar-refractivity contribution < 1.29 is 4.74 Å². The molecular weight excluding hydrogens is 520 g/mol. The van der Waals surface area contributed by atoms with E-state index in [9.17, 15) is 5.26 Å². The Bertz CT molecular complexity index is 1450. The molecular formula is C32H37ClN6O. The van der Waals surface area contributed by atoms with Crippen molar-refractivity contribution in [1.82, 2.24) is 14.8 Å². The lowest BCUT2D eigenvalue weighted by Gasteiger charge is -2.36. The van der Waals surface area contributed by atoms with Gasteiger partial charge >= 0.3 is 0 Å². The van der Waals surface area contributed by atoms with Crippen molar-refractivity contribution in [3.05, 3.63) is 58.6 Å². The molecule has 8 heteroatoms. The molecule has 2 aromatic carbocycles. The van der Waals surface area contributed by atoms with Gasteiger partial charge in [-0.15, -0.1) is 0 Å². The van der Waals surface area contributed by atoms with Gasteiger partial charge in [0.25, 0.3) is 0 Å². The van der Waals surface area contributed by atoms with Crippen molar-refractivity contribution in [3.8, 4) is 12.1 Å². The number of anilines is 2. The predicted octanol–water partition coefficient (Wildman–Crippen LogP) is 5.45. The number of hydrogen-bond donors (Lipinski definition) is 0. The molecule has 1 atom stereocenters. The summed E-state index contributed by atoms with van der Waals surface area (Å²) in [5.41, 5.74) is 3.92. The van der Waals surface area contributed by atoms with Crippen molar-refractivity contribution in [1.29, 1.82) is 5.26 Å². The summed E-state index contributed by atoms with van der Waals surface area (Å²) in [6.07, 6.45) is 9.14. The van der Waals surface area contributed by atoms with Crippen molar-refractivity contribution in [2.45, 2.75) is 56.7 Å². The van der Waals surface area contributed by atoms with Gasteiger partial charge in [-0.05, 0) is 74.7 Å². The number of aromatic nitrogens is 1. The van der Waals surface area contributed by atoms with Gasteiger partial charge in [-0.1, -0.05) is 35.9 Å². The molecule has 4 aliphatic heterocycles. The highest BCUT2D eigenvalue weighted by Gasteiger charge is 2.45. The van der Waals surface area contributed by atoms with Gasteiger partial charge in [-0.25, -0.2) is 0 Å². The van der Waals surface area contributed by atoms with Crippen molar-refractivity contribution >= 4 is 33.9 Å². The molecule has 7 nitrogen and oxygen atoms in total. The fraction of sp³-hybridized carbons (Fsp3) is 0.500. The second-order valence-electron chi connectivity index (χ2n) is 12.0. The van der Waals surface area contributed by atoms with E-state index in [4.69, 9.17) is 21.3 Å². The molecule has 4 aliphatic rings. The smallest absolute Gasteiger partial charge is 0.215 e. The number of hydrogen-bond acceptors (Lipinski definition) is 7. The van der Waals surface area contributed by atoms with E-state index in [0.29, 0.717) is 6.61 Å². The Morgan fingerprint density at radius 3 is 2.70 bits per heavy atom.